The van der Waals surface area contributed by atoms with Gasteiger partial charge in [0.25, 0.3) is 5.91 Å². The van der Waals surface area contributed by atoms with E-state index in [0.29, 0.717) is 16.9 Å². The summed E-state index contributed by atoms with van der Waals surface area (Å²) in [5.74, 6) is -0.930. The maximum atomic E-state index is 14.2. The minimum absolute atomic E-state index is 0.344. The second-order valence-corrected chi connectivity index (χ2v) is 9.85. The third-order valence-electron chi connectivity index (χ3n) is 5.42. The fourth-order valence-electron chi connectivity index (χ4n) is 3.54. The Morgan fingerprint density at radius 1 is 1.09 bits per heavy atom. The minimum atomic E-state index is -3.68. The summed E-state index contributed by atoms with van der Waals surface area (Å²) >= 11 is 0. The van der Waals surface area contributed by atoms with Gasteiger partial charge in [-0.3, -0.25) is 9.10 Å². The summed E-state index contributed by atoms with van der Waals surface area (Å²) in [6, 6.07) is 13.5. The van der Waals surface area contributed by atoms with E-state index in [1.165, 1.54) is 12.3 Å². The van der Waals surface area contributed by atoms with E-state index in [-0.39, 0.29) is 5.82 Å². The zero-order valence-corrected chi connectivity index (χ0v) is 20.1. The molecule has 9 heteroatoms. The van der Waals surface area contributed by atoms with Crippen LogP contribution in [0.4, 0.5) is 10.1 Å². The number of hydrogen-bond donors (Lipinski definition) is 1. The molecule has 3 aromatic rings. The highest BCUT2D eigenvalue weighted by molar-refractivity contribution is 7.92. The van der Waals surface area contributed by atoms with Gasteiger partial charge in [0.05, 0.1) is 23.8 Å². The van der Waals surface area contributed by atoms with Crippen molar-refractivity contribution in [2.75, 3.05) is 17.1 Å². The average Bonchev–Trinajstić information content (AvgIpc) is 3.01. The molecule has 0 atom stereocenters. The molecular weight excluding hydrogens is 443 g/mol. The number of aromatic nitrogens is 1. The lowest BCUT2D eigenvalue weighted by Gasteiger charge is -2.22. The first kappa shape index (κ1) is 24.2. The number of sulfonamides is 1. The predicted molar refractivity (Wildman–Crippen MR) is 129 cm³/mol. The molecule has 174 valence electrons. The average molecular weight is 471 g/mol. The third-order valence-corrected chi connectivity index (χ3v) is 6.56. The van der Waals surface area contributed by atoms with Crippen molar-refractivity contribution in [1.29, 1.82) is 0 Å². The van der Waals surface area contributed by atoms with Crippen molar-refractivity contribution in [2.45, 2.75) is 27.7 Å². The van der Waals surface area contributed by atoms with Crippen molar-refractivity contribution < 1.29 is 17.6 Å². The number of hydrazone groups is 1. The lowest BCUT2D eigenvalue weighted by Crippen LogP contribution is -2.39. The molecule has 1 amide bonds. The summed E-state index contributed by atoms with van der Waals surface area (Å²) in [5.41, 5.74) is 7.42. The van der Waals surface area contributed by atoms with Gasteiger partial charge in [-0.2, -0.15) is 5.10 Å². The number of nitrogens with zero attached hydrogens (tertiary/aromatic N) is 3. The molecule has 0 unspecified atom stereocenters. The number of rotatable bonds is 7. The number of carbonyl (C=O) groups is 1. The largest absolute Gasteiger partial charge is 0.315 e. The Bertz CT molecular complexity index is 1330. The smallest absolute Gasteiger partial charge is 0.260 e. The molecule has 1 heterocycles. The number of para-hydroxylation sites is 1. The van der Waals surface area contributed by atoms with E-state index in [2.05, 4.69) is 10.5 Å². The molecule has 0 aliphatic carbocycles. The van der Waals surface area contributed by atoms with Gasteiger partial charge >= 0.3 is 0 Å². The van der Waals surface area contributed by atoms with E-state index in [9.17, 15) is 17.6 Å². The second-order valence-electron chi connectivity index (χ2n) is 7.94. The van der Waals surface area contributed by atoms with Gasteiger partial charge in [0, 0.05) is 17.0 Å². The first-order chi connectivity index (χ1) is 15.5. The van der Waals surface area contributed by atoms with Gasteiger partial charge in [0.1, 0.15) is 12.4 Å². The standard InChI is InChI=1S/C24H27FN4O3S/c1-16-10-11-21(12-17(16)2)28(33(5,31)32)15-24(30)27-26-14-20-13-18(3)29(19(20)4)23-9-7-6-8-22(23)25/h6-14H,15H2,1-5H3,(H,27,30)/b26-14-. The van der Waals surface area contributed by atoms with Gasteiger partial charge < -0.3 is 4.57 Å². The molecule has 0 saturated carbocycles. The van der Waals surface area contributed by atoms with E-state index < -0.39 is 22.5 Å². The normalized spacial score (nSPS) is 11.7. The van der Waals surface area contributed by atoms with Gasteiger partial charge in [-0.1, -0.05) is 18.2 Å². The summed E-state index contributed by atoms with van der Waals surface area (Å²) in [6.07, 6.45) is 2.51. The fraction of sp³-hybridized carbons (Fsp3) is 0.250. The summed E-state index contributed by atoms with van der Waals surface area (Å²) in [6.45, 7) is 7.07. The van der Waals surface area contributed by atoms with Crippen molar-refractivity contribution in [3.8, 4) is 5.69 Å². The zero-order chi connectivity index (χ0) is 24.3. The number of carbonyl (C=O) groups excluding carboxylic acids is 1. The van der Waals surface area contributed by atoms with Crippen molar-refractivity contribution in [1.82, 2.24) is 9.99 Å². The van der Waals surface area contributed by atoms with Crippen LogP contribution < -0.4 is 9.73 Å². The predicted octanol–water partition coefficient (Wildman–Crippen LogP) is 3.77. The maximum absolute atomic E-state index is 14.2. The third kappa shape index (κ3) is 5.48. The quantitative estimate of drug-likeness (QED) is 0.422. The van der Waals surface area contributed by atoms with Crippen LogP contribution in [0.25, 0.3) is 5.69 Å². The molecule has 1 aromatic heterocycles. The van der Waals surface area contributed by atoms with Crippen LogP contribution in [-0.4, -0.2) is 37.9 Å². The Labute approximate surface area is 193 Å². The number of halogens is 1. The monoisotopic (exact) mass is 470 g/mol. The maximum Gasteiger partial charge on any atom is 0.260 e. The number of amides is 1. The van der Waals surface area contributed by atoms with Crippen molar-refractivity contribution >= 4 is 27.8 Å². The molecule has 0 bridgehead atoms. The van der Waals surface area contributed by atoms with Crippen molar-refractivity contribution in [3.63, 3.8) is 0 Å². The number of nitrogens with one attached hydrogen (secondary N) is 1. The van der Waals surface area contributed by atoms with Gasteiger partial charge in [0.15, 0.2) is 0 Å². The van der Waals surface area contributed by atoms with Crippen LogP contribution in [0.2, 0.25) is 0 Å². The molecule has 3 rings (SSSR count). The molecule has 0 aliphatic heterocycles. The topological polar surface area (TPSA) is 83.8 Å². The Kier molecular flexibility index (Phi) is 7.02. The SMILES string of the molecule is Cc1ccc(N(CC(=O)N/N=C\c2cc(C)n(-c3ccccc3F)c2C)S(C)(=O)=O)cc1C. The van der Waals surface area contributed by atoms with Crippen LogP contribution >= 0.6 is 0 Å². The Balaban J connectivity index is 1.76. The number of hydrogen-bond acceptors (Lipinski definition) is 4. The molecule has 2 aromatic carbocycles. The highest BCUT2D eigenvalue weighted by Gasteiger charge is 2.21. The molecule has 33 heavy (non-hydrogen) atoms. The molecule has 0 spiro atoms. The molecule has 7 nitrogen and oxygen atoms in total. The fourth-order valence-corrected chi connectivity index (χ4v) is 4.39. The van der Waals surface area contributed by atoms with E-state index in [1.807, 2.05) is 39.8 Å². The summed E-state index contributed by atoms with van der Waals surface area (Å²) in [5, 5.41) is 3.98. The van der Waals surface area contributed by atoms with E-state index >= 15 is 0 Å². The van der Waals surface area contributed by atoms with Gasteiger partial charge in [-0.15, -0.1) is 0 Å². The van der Waals surface area contributed by atoms with Gasteiger partial charge in [-0.25, -0.2) is 18.2 Å². The van der Waals surface area contributed by atoms with Crippen LogP contribution in [0.5, 0.6) is 0 Å². The summed E-state index contributed by atoms with van der Waals surface area (Å²) in [7, 11) is -3.68. The van der Waals surface area contributed by atoms with Crippen LogP contribution in [0.3, 0.4) is 0 Å². The molecule has 0 fully saturated rings. The highest BCUT2D eigenvalue weighted by Crippen LogP contribution is 2.22. The number of benzene rings is 2. The lowest BCUT2D eigenvalue weighted by atomic mass is 10.1. The Hall–Kier alpha value is -3.46. The van der Waals surface area contributed by atoms with Crippen LogP contribution in [-0.2, 0) is 14.8 Å². The van der Waals surface area contributed by atoms with E-state index in [1.54, 1.807) is 34.9 Å². The zero-order valence-electron chi connectivity index (χ0n) is 19.3. The lowest BCUT2D eigenvalue weighted by molar-refractivity contribution is -0.119. The second kappa shape index (κ2) is 9.58. The van der Waals surface area contributed by atoms with Crippen LogP contribution in [0, 0.1) is 33.5 Å². The first-order valence-corrected chi connectivity index (χ1v) is 12.1. The van der Waals surface area contributed by atoms with Crippen LogP contribution in [0.15, 0.2) is 53.6 Å². The number of aryl methyl sites for hydroxylation is 3. The molecule has 1 N–H and O–H groups in total. The van der Waals surface area contributed by atoms with Crippen molar-refractivity contribution in [3.05, 3.63) is 82.4 Å². The molecule has 0 saturated heterocycles. The van der Waals surface area contributed by atoms with Crippen LogP contribution in [0.1, 0.15) is 28.1 Å². The van der Waals surface area contributed by atoms with E-state index in [0.717, 1.165) is 33.1 Å². The number of anilines is 1. The van der Waals surface area contributed by atoms with E-state index in [4.69, 9.17) is 0 Å². The summed E-state index contributed by atoms with van der Waals surface area (Å²) < 4.78 is 41.6. The minimum Gasteiger partial charge on any atom is -0.315 e. The summed E-state index contributed by atoms with van der Waals surface area (Å²) in [4.78, 5) is 12.5. The molecular formula is C24H27FN4O3S. The molecule has 0 aliphatic rings. The van der Waals surface area contributed by atoms with Gasteiger partial charge in [-0.05, 0) is 69.2 Å². The first-order valence-electron chi connectivity index (χ1n) is 10.3. The molecule has 0 radical (unpaired) electrons. The Morgan fingerprint density at radius 3 is 2.42 bits per heavy atom. The highest BCUT2D eigenvalue weighted by atomic mass is 32.2. The Morgan fingerprint density at radius 2 is 1.79 bits per heavy atom. The van der Waals surface area contributed by atoms with Gasteiger partial charge in [0.2, 0.25) is 10.0 Å². The van der Waals surface area contributed by atoms with Crippen molar-refractivity contribution in [2.24, 2.45) is 5.10 Å².